The number of Topliss-reactive ketones (excluding diaryl/α,β-unsaturated/α-hetero) is 1. The smallest absolute Gasteiger partial charge is 0.292 e. The maximum atomic E-state index is 12.7. The number of carbonyl (C=O) groups is 2. The minimum Gasteiger partial charge on any atom is -0.354 e. The normalized spacial score (nSPS) is 10.9. The molecule has 23 heavy (non-hydrogen) atoms. The molecule has 2 aromatic carbocycles. The second-order valence-corrected chi connectivity index (χ2v) is 5.74. The maximum Gasteiger partial charge on any atom is 0.292 e. The zero-order valence-electron chi connectivity index (χ0n) is 13.1. The summed E-state index contributed by atoms with van der Waals surface area (Å²) in [6.45, 7) is 3.66. The predicted molar refractivity (Wildman–Crippen MR) is 91.3 cm³/mol. The first-order valence-corrected chi connectivity index (χ1v) is 7.59. The van der Waals surface area contributed by atoms with Gasteiger partial charge in [-0.1, -0.05) is 48.5 Å². The highest BCUT2D eigenvalue weighted by Gasteiger charge is 2.25. The molecular formula is C19H18N2O2. The van der Waals surface area contributed by atoms with Crippen molar-refractivity contribution >= 4 is 22.6 Å². The molecule has 1 aromatic heterocycles. The highest BCUT2D eigenvalue weighted by Crippen LogP contribution is 2.30. The second kappa shape index (κ2) is 6.08. The largest absolute Gasteiger partial charge is 0.354 e. The van der Waals surface area contributed by atoms with E-state index in [1.807, 2.05) is 68.4 Å². The number of carbonyl (C=O) groups excluding carboxylic acids is 2. The van der Waals surface area contributed by atoms with Crippen LogP contribution in [0.4, 0.5) is 0 Å². The Kier molecular flexibility index (Phi) is 3.98. The summed E-state index contributed by atoms with van der Waals surface area (Å²) < 4.78 is 0. The molecule has 2 N–H and O–H groups in total. The molecule has 0 bridgehead atoms. The number of para-hydroxylation sites is 1. The number of aromatic nitrogens is 1. The number of hydrogen-bond acceptors (Lipinski definition) is 2. The number of H-pyrrole nitrogens is 1. The van der Waals surface area contributed by atoms with E-state index in [9.17, 15) is 9.59 Å². The molecule has 0 aliphatic carbocycles. The number of rotatable bonds is 4. The van der Waals surface area contributed by atoms with Crippen LogP contribution in [0.15, 0.2) is 54.6 Å². The van der Waals surface area contributed by atoms with Gasteiger partial charge in [-0.2, -0.15) is 0 Å². The zero-order chi connectivity index (χ0) is 16.4. The van der Waals surface area contributed by atoms with Crippen LogP contribution in [-0.4, -0.2) is 22.7 Å². The summed E-state index contributed by atoms with van der Waals surface area (Å²) in [4.78, 5) is 28.2. The fourth-order valence-corrected chi connectivity index (χ4v) is 2.64. The Hall–Kier alpha value is -2.88. The van der Waals surface area contributed by atoms with Crippen molar-refractivity contribution in [3.05, 3.63) is 60.2 Å². The quantitative estimate of drug-likeness (QED) is 0.572. The SMILES string of the molecule is CC(C)NC(=O)C(=O)c1c(-c2ccccc2)[nH]c2ccccc12. The van der Waals surface area contributed by atoms with E-state index in [1.165, 1.54) is 0 Å². The highest BCUT2D eigenvalue weighted by atomic mass is 16.2. The first-order valence-electron chi connectivity index (χ1n) is 7.59. The van der Waals surface area contributed by atoms with Crippen molar-refractivity contribution in [2.45, 2.75) is 19.9 Å². The first-order chi connectivity index (χ1) is 11.1. The van der Waals surface area contributed by atoms with Gasteiger partial charge in [0.05, 0.1) is 11.3 Å². The van der Waals surface area contributed by atoms with Gasteiger partial charge < -0.3 is 10.3 Å². The second-order valence-electron chi connectivity index (χ2n) is 5.74. The Labute approximate surface area is 134 Å². The summed E-state index contributed by atoms with van der Waals surface area (Å²) in [7, 11) is 0. The van der Waals surface area contributed by atoms with E-state index in [0.717, 1.165) is 16.5 Å². The Bertz CT molecular complexity index is 863. The minimum absolute atomic E-state index is 0.0863. The van der Waals surface area contributed by atoms with Crippen LogP contribution in [-0.2, 0) is 4.79 Å². The van der Waals surface area contributed by atoms with E-state index in [-0.39, 0.29) is 6.04 Å². The third-order valence-corrected chi connectivity index (χ3v) is 3.62. The number of hydrogen-bond donors (Lipinski definition) is 2. The van der Waals surface area contributed by atoms with Gasteiger partial charge in [0.15, 0.2) is 0 Å². The number of nitrogens with one attached hydrogen (secondary N) is 2. The van der Waals surface area contributed by atoms with Crippen LogP contribution in [0.5, 0.6) is 0 Å². The summed E-state index contributed by atoms with van der Waals surface area (Å²) >= 11 is 0. The van der Waals surface area contributed by atoms with Gasteiger partial charge in [-0.05, 0) is 25.5 Å². The molecule has 0 saturated carbocycles. The zero-order valence-corrected chi connectivity index (χ0v) is 13.1. The molecule has 116 valence electrons. The van der Waals surface area contributed by atoms with Crippen molar-refractivity contribution < 1.29 is 9.59 Å². The van der Waals surface area contributed by atoms with Crippen molar-refractivity contribution in [1.82, 2.24) is 10.3 Å². The van der Waals surface area contributed by atoms with Crippen molar-refractivity contribution in [3.8, 4) is 11.3 Å². The van der Waals surface area contributed by atoms with Crippen molar-refractivity contribution in [3.63, 3.8) is 0 Å². The van der Waals surface area contributed by atoms with Crippen LogP contribution in [0.25, 0.3) is 22.2 Å². The van der Waals surface area contributed by atoms with Gasteiger partial charge in [0, 0.05) is 16.9 Å². The Morgan fingerprint density at radius 2 is 1.61 bits per heavy atom. The lowest BCUT2D eigenvalue weighted by atomic mass is 10.0. The fraction of sp³-hybridized carbons (Fsp3) is 0.158. The molecule has 0 radical (unpaired) electrons. The van der Waals surface area contributed by atoms with Crippen LogP contribution in [0, 0.1) is 0 Å². The average Bonchev–Trinajstić information content (AvgIpc) is 2.93. The molecule has 0 fully saturated rings. The van der Waals surface area contributed by atoms with Gasteiger partial charge in [0.25, 0.3) is 11.7 Å². The van der Waals surface area contributed by atoms with E-state index < -0.39 is 11.7 Å². The molecule has 4 heteroatoms. The van der Waals surface area contributed by atoms with E-state index in [1.54, 1.807) is 0 Å². The Morgan fingerprint density at radius 1 is 0.957 bits per heavy atom. The van der Waals surface area contributed by atoms with Gasteiger partial charge in [-0.15, -0.1) is 0 Å². The van der Waals surface area contributed by atoms with Gasteiger partial charge in [-0.3, -0.25) is 9.59 Å². The van der Waals surface area contributed by atoms with Gasteiger partial charge >= 0.3 is 0 Å². The van der Waals surface area contributed by atoms with E-state index in [0.29, 0.717) is 11.3 Å². The van der Waals surface area contributed by atoms with Crippen LogP contribution in [0.1, 0.15) is 24.2 Å². The summed E-state index contributed by atoms with van der Waals surface area (Å²) in [6.07, 6.45) is 0. The lowest BCUT2D eigenvalue weighted by molar-refractivity contribution is -0.117. The molecule has 0 aliphatic rings. The van der Waals surface area contributed by atoms with Crippen LogP contribution in [0.2, 0.25) is 0 Å². The highest BCUT2D eigenvalue weighted by molar-refractivity contribution is 6.46. The molecule has 0 atom stereocenters. The van der Waals surface area contributed by atoms with E-state index in [4.69, 9.17) is 0 Å². The maximum absolute atomic E-state index is 12.7. The summed E-state index contributed by atoms with van der Waals surface area (Å²) in [5, 5.41) is 3.43. The number of benzene rings is 2. The monoisotopic (exact) mass is 306 g/mol. The molecule has 3 aromatic rings. The first kappa shape index (κ1) is 15.0. The predicted octanol–water partition coefficient (Wildman–Crippen LogP) is 3.54. The van der Waals surface area contributed by atoms with E-state index in [2.05, 4.69) is 10.3 Å². The molecular weight excluding hydrogens is 288 g/mol. The number of amides is 1. The molecule has 0 aliphatic heterocycles. The topological polar surface area (TPSA) is 62.0 Å². The lowest BCUT2D eigenvalue weighted by Gasteiger charge is -2.08. The third kappa shape index (κ3) is 2.88. The third-order valence-electron chi connectivity index (χ3n) is 3.62. The number of ketones is 1. The van der Waals surface area contributed by atoms with Gasteiger partial charge in [-0.25, -0.2) is 0 Å². The summed E-state index contributed by atoms with van der Waals surface area (Å²) in [5.41, 5.74) is 2.82. The molecule has 0 spiro atoms. The minimum atomic E-state index is -0.582. The van der Waals surface area contributed by atoms with Crippen LogP contribution >= 0.6 is 0 Å². The van der Waals surface area contributed by atoms with Crippen molar-refractivity contribution in [2.24, 2.45) is 0 Å². The average molecular weight is 306 g/mol. The van der Waals surface area contributed by atoms with Gasteiger partial charge in [0.1, 0.15) is 0 Å². The molecule has 0 unspecified atom stereocenters. The van der Waals surface area contributed by atoms with Crippen LogP contribution in [0.3, 0.4) is 0 Å². The molecule has 1 heterocycles. The van der Waals surface area contributed by atoms with Gasteiger partial charge in [0.2, 0.25) is 0 Å². The van der Waals surface area contributed by atoms with Crippen molar-refractivity contribution in [2.75, 3.05) is 0 Å². The number of aromatic amines is 1. The van der Waals surface area contributed by atoms with Crippen LogP contribution < -0.4 is 5.32 Å². The summed E-state index contributed by atoms with van der Waals surface area (Å²) in [6, 6.07) is 17.0. The van der Waals surface area contributed by atoms with Crippen molar-refractivity contribution in [1.29, 1.82) is 0 Å². The molecule has 1 amide bonds. The van der Waals surface area contributed by atoms with E-state index >= 15 is 0 Å². The summed E-state index contributed by atoms with van der Waals surface area (Å²) in [5.74, 6) is -1.10. The molecule has 0 saturated heterocycles. The number of fused-ring (bicyclic) bond motifs is 1. The standard InChI is InChI=1S/C19H18N2O2/c1-12(2)20-19(23)18(22)16-14-10-6-7-11-15(14)21-17(16)13-8-4-3-5-9-13/h3-12,21H,1-2H3,(H,20,23). The Morgan fingerprint density at radius 3 is 2.30 bits per heavy atom. The lowest BCUT2D eigenvalue weighted by Crippen LogP contribution is -2.36. The fourth-order valence-electron chi connectivity index (χ4n) is 2.64. The Balaban J connectivity index is 2.18. The molecule has 4 nitrogen and oxygen atoms in total. The molecule has 3 rings (SSSR count).